The fourth-order valence-electron chi connectivity index (χ4n) is 15.5. The van der Waals surface area contributed by atoms with E-state index in [0.717, 1.165) is 51.4 Å². The summed E-state index contributed by atoms with van der Waals surface area (Å²) in [6.07, 6.45) is 15.2. The van der Waals surface area contributed by atoms with Crippen LogP contribution in [0.4, 0.5) is 0 Å². The molecule has 7 nitrogen and oxygen atoms in total. The van der Waals surface area contributed by atoms with Crippen LogP contribution in [0.5, 0.6) is 0 Å². The molecule has 1 heterocycles. The number of nitrogens with one attached hydrogen (secondary N) is 1. The summed E-state index contributed by atoms with van der Waals surface area (Å²) in [5.41, 5.74) is 1.16. The lowest BCUT2D eigenvalue weighted by Gasteiger charge is -2.73. The molecular weight excluding hydrogens is 673 g/mol. The molecule has 7 heteroatoms. The monoisotopic (exact) mass is 751 g/mol. The molecule has 5 saturated carbocycles. The Kier molecular flexibility index (Phi) is 11.2. The number of carbonyl (C=O) groups is 3. The molecule has 1 aliphatic heterocycles. The van der Waals surface area contributed by atoms with E-state index in [0.29, 0.717) is 54.0 Å². The van der Waals surface area contributed by atoms with E-state index in [9.17, 15) is 19.5 Å². The molecule has 3 unspecified atom stereocenters. The van der Waals surface area contributed by atoms with E-state index < -0.39 is 11.4 Å². The zero-order valence-electron chi connectivity index (χ0n) is 36.2. The van der Waals surface area contributed by atoms with Crippen LogP contribution in [0, 0.1) is 62.1 Å². The summed E-state index contributed by atoms with van der Waals surface area (Å²) in [7, 11) is 2.25. The van der Waals surface area contributed by atoms with E-state index in [4.69, 9.17) is 4.74 Å². The maximum absolute atomic E-state index is 14.2. The zero-order chi connectivity index (χ0) is 39.8. The summed E-state index contributed by atoms with van der Waals surface area (Å²) in [5.74, 6) is 1.82. The Hall–Kier alpha value is -1.89. The van der Waals surface area contributed by atoms with Crippen LogP contribution >= 0.6 is 0 Å². The van der Waals surface area contributed by atoms with Crippen LogP contribution in [0.25, 0.3) is 0 Å². The van der Waals surface area contributed by atoms with Crippen LogP contribution in [-0.4, -0.2) is 59.1 Å². The number of piperidine rings is 1. The molecule has 6 rings (SSSR count). The minimum Gasteiger partial charge on any atom is -0.481 e. The fraction of sp³-hybridized carbons (Fsp3) is 0.894. The van der Waals surface area contributed by atoms with Gasteiger partial charge in [0.1, 0.15) is 6.10 Å². The third-order valence-electron chi connectivity index (χ3n) is 18.5. The second-order valence-electron chi connectivity index (χ2n) is 22.3. The standard InChI is InChI=1S/C47H78N2O5/c1-13-32-25-31(24-30(4)49(32)12)48-38(50)26-47-21-16-33(29(2)3)41(47)34-14-15-36-44(9)19-18-37(54-40(53)28-42(5,6)27-39(51)52)43(7,8)35(44)17-20-46(36,11)45(34,10)22-23-47/h30-37,41H,2,13-28H2,1,3-12H3,(H,48,50)(H,51,52)/t30?,31?,32?,33-,34+,35-,36+,37-,41+,44-,45+,46+,47+/m0/s1. The number of ether oxygens (including phenoxy) is 1. The van der Waals surface area contributed by atoms with Crippen LogP contribution in [-0.2, 0) is 19.1 Å². The lowest BCUT2D eigenvalue weighted by molar-refractivity contribution is -0.250. The maximum Gasteiger partial charge on any atom is 0.306 e. The van der Waals surface area contributed by atoms with Crippen molar-refractivity contribution in [3.05, 3.63) is 12.2 Å². The highest BCUT2D eigenvalue weighted by molar-refractivity contribution is 5.77. The molecule has 0 spiro atoms. The van der Waals surface area contributed by atoms with E-state index in [1.54, 1.807) is 0 Å². The Morgan fingerprint density at radius 2 is 1.59 bits per heavy atom. The quantitative estimate of drug-likeness (QED) is 0.171. The van der Waals surface area contributed by atoms with E-state index in [1.165, 1.54) is 37.7 Å². The first-order chi connectivity index (χ1) is 25.0. The molecule has 0 bridgehead atoms. The van der Waals surface area contributed by atoms with Crippen molar-refractivity contribution in [3.63, 3.8) is 0 Å². The molecule has 1 saturated heterocycles. The van der Waals surface area contributed by atoms with Gasteiger partial charge in [-0.25, -0.2) is 0 Å². The van der Waals surface area contributed by atoms with Crippen molar-refractivity contribution >= 4 is 17.8 Å². The van der Waals surface area contributed by atoms with Gasteiger partial charge in [-0.15, -0.1) is 0 Å². The molecule has 0 radical (unpaired) electrons. The van der Waals surface area contributed by atoms with Gasteiger partial charge < -0.3 is 20.1 Å². The second-order valence-corrected chi connectivity index (χ2v) is 22.3. The molecule has 0 aromatic rings. The van der Waals surface area contributed by atoms with Crippen LogP contribution < -0.4 is 5.32 Å². The smallest absolute Gasteiger partial charge is 0.306 e. The van der Waals surface area contributed by atoms with Gasteiger partial charge in [-0.1, -0.05) is 67.5 Å². The second kappa shape index (κ2) is 14.5. The summed E-state index contributed by atoms with van der Waals surface area (Å²) >= 11 is 0. The van der Waals surface area contributed by atoms with Gasteiger partial charge in [0, 0.05) is 30.0 Å². The van der Waals surface area contributed by atoms with Crippen molar-refractivity contribution < 1.29 is 24.2 Å². The largest absolute Gasteiger partial charge is 0.481 e. The molecular formula is C47H78N2O5. The highest BCUT2D eigenvalue weighted by Crippen LogP contribution is 2.78. The lowest BCUT2D eigenvalue weighted by Crippen LogP contribution is -2.67. The average molecular weight is 751 g/mol. The van der Waals surface area contributed by atoms with Crippen molar-refractivity contribution in [2.45, 2.75) is 196 Å². The number of hydrogen-bond acceptors (Lipinski definition) is 5. The van der Waals surface area contributed by atoms with Gasteiger partial charge in [0.05, 0.1) is 12.8 Å². The molecule has 5 aliphatic carbocycles. The summed E-state index contributed by atoms with van der Waals surface area (Å²) in [4.78, 5) is 41.4. The maximum atomic E-state index is 14.2. The molecule has 0 aromatic heterocycles. The highest BCUT2D eigenvalue weighted by Gasteiger charge is 2.71. The summed E-state index contributed by atoms with van der Waals surface area (Å²) in [6.45, 7) is 27.8. The van der Waals surface area contributed by atoms with E-state index in [2.05, 4.69) is 79.2 Å². The summed E-state index contributed by atoms with van der Waals surface area (Å²) in [5, 5.41) is 13.0. The van der Waals surface area contributed by atoms with Crippen molar-refractivity contribution in [1.29, 1.82) is 0 Å². The first-order valence-corrected chi connectivity index (χ1v) is 22.1. The molecule has 1 amide bonds. The number of carboxylic acid groups (broad SMARTS) is 1. The van der Waals surface area contributed by atoms with Crippen LogP contribution in [0.15, 0.2) is 12.2 Å². The topological polar surface area (TPSA) is 95.9 Å². The number of hydrogen-bond donors (Lipinski definition) is 2. The molecule has 6 aliphatic rings. The van der Waals surface area contributed by atoms with Gasteiger partial charge >= 0.3 is 11.9 Å². The van der Waals surface area contributed by atoms with Gasteiger partial charge in [0.2, 0.25) is 5.91 Å². The number of likely N-dealkylation sites (tertiary alicyclic amines) is 1. The Balaban J connectivity index is 1.21. The van der Waals surface area contributed by atoms with Crippen molar-refractivity contribution in [3.8, 4) is 0 Å². The number of aliphatic carboxylic acids is 1. The van der Waals surface area contributed by atoms with E-state index in [-0.39, 0.29) is 58.0 Å². The first kappa shape index (κ1) is 41.7. The molecule has 13 atom stereocenters. The zero-order valence-corrected chi connectivity index (χ0v) is 36.2. The lowest BCUT2D eigenvalue weighted by atomic mass is 9.32. The van der Waals surface area contributed by atoms with Crippen LogP contribution in [0.3, 0.4) is 0 Å². The number of carbonyl (C=O) groups excluding carboxylic acids is 2. The van der Waals surface area contributed by atoms with Gasteiger partial charge in [0.25, 0.3) is 0 Å². The normalized spacial score (nSPS) is 44.5. The number of amides is 1. The summed E-state index contributed by atoms with van der Waals surface area (Å²) < 4.78 is 6.30. The highest BCUT2D eigenvalue weighted by atomic mass is 16.5. The fourth-order valence-corrected chi connectivity index (χ4v) is 15.5. The number of allylic oxidation sites excluding steroid dienone is 1. The SMILES string of the molecule is C=C(C)[C@@H]1CC[C@]2(CC(=O)NC3CC(C)N(C)C(CC)C3)CC[C@]3(C)[C@H](CC[C@@H]4[C@@]5(C)CC[C@H](OC(=O)CC(C)(C)CC(=O)O)C(C)(C)[C@@H]5CC[C@]43C)[C@@H]12. The third-order valence-corrected chi connectivity index (χ3v) is 18.5. The first-order valence-electron chi connectivity index (χ1n) is 22.1. The van der Waals surface area contributed by atoms with Crippen molar-refractivity contribution in [1.82, 2.24) is 10.2 Å². The third kappa shape index (κ3) is 6.92. The van der Waals surface area contributed by atoms with E-state index in [1.807, 2.05) is 13.8 Å². The Labute approximate surface area is 329 Å². The molecule has 2 N–H and O–H groups in total. The van der Waals surface area contributed by atoms with Gasteiger partial charge in [0.15, 0.2) is 0 Å². The molecule has 0 aromatic carbocycles. The van der Waals surface area contributed by atoms with Crippen LogP contribution in [0.1, 0.15) is 172 Å². The molecule has 6 fully saturated rings. The predicted octanol–water partition coefficient (Wildman–Crippen LogP) is 10.2. The average Bonchev–Trinajstić information content (AvgIpc) is 3.43. The van der Waals surface area contributed by atoms with Crippen molar-refractivity contribution in [2.75, 3.05) is 7.05 Å². The Morgan fingerprint density at radius 1 is 0.889 bits per heavy atom. The number of carboxylic acids is 1. The van der Waals surface area contributed by atoms with Crippen molar-refractivity contribution in [2.24, 2.45) is 62.1 Å². The Bertz CT molecular complexity index is 1470. The van der Waals surface area contributed by atoms with Gasteiger partial charge in [-0.3, -0.25) is 14.4 Å². The predicted molar refractivity (Wildman–Crippen MR) is 217 cm³/mol. The van der Waals surface area contributed by atoms with Crippen LogP contribution in [0.2, 0.25) is 0 Å². The number of fused-ring (bicyclic) bond motifs is 7. The molecule has 54 heavy (non-hydrogen) atoms. The minimum absolute atomic E-state index is 0.0452. The summed E-state index contributed by atoms with van der Waals surface area (Å²) in [6, 6.07) is 1.29. The van der Waals surface area contributed by atoms with Gasteiger partial charge in [-0.2, -0.15) is 0 Å². The molecule has 306 valence electrons. The number of nitrogens with zero attached hydrogens (tertiary/aromatic N) is 1. The minimum atomic E-state index is -0.879. The van der Waals surface area contributed by atoms with E-state index >= 15 is 0 Å². The Morgan fingerprint density at radius 3 is 2.24 bits per heavy atom. The van der Waals surface area contributed by atoms with Gasteiger partial charge in [-0.05, 0) is 161 Å². The number of rotatable bonds is 10. The number of esters is 1.